The van der Waals surface area contributed by atoms with Crippen molar-refractivity contribution in [3.63, 3.8) is 0 Å². The van der Waals surface area contributed by atoms with Gasteiger partial charge in [-0.1, -0.05) is 75.0 Å². The number of hydrogen-bond donors (Lipinski definition) is 18. The highest BCUT2D eigenvalue weighted by Crippen LogP contribution is 2.33. The van der Waals surface area contributed by atoms with Crippen LogP contribution in [0.5, 0.6) is 34.5 Å². The Balaban J connectivity index is 0.000000624. The molecule has 104 heavy (non-hydrogen) atoms. The molecule has 6 aromatic rings. The third-order valence-corrected chi connectivity index (χ3v) is 16.1. The molecule has 6 rings (SSSR count). The molecule has 18 N–H and O–H groups in total. The van der Waals surface area contributed by atoms with E-state index in [4.69, 9.17) is 65.4 Å². The molecule has 0 saturated heterocycles. The maximum absolute atomic E-state index is 11.9. The average Bonchev–Trinajstić information content (AvgIpc) is 0.856. The Morgan fingerprint density at radius 1 is 0.365 bits per heavy atom. The van der Waals surface area contributed by atoms with Gasteiger partial charge in [-0.15, -0.1) is 0 Å². The number of benzene rings is 6. The van der Waals surface area contributed by atoms with Crippen molar-refractivity contribution in [3.8, 4) is 34.5 Å². The smallest absolute Gasteiger partial charge is 0.305 e. The molecule has 0 radical (unpaired) electrons. The van der Waals surface area contributed by atoms with Crippen LogP contribution in [-0.2, 0) is 28.8 Å². The minimum absolute atomic E-state index is 0.0430. The Labute approximate surface area is 653 Å². The number of carbonyl (C=O) groups excluding carboxylic acids is 6. The van der Waals surface area contributed by atoms with Crippen molar-refractivity contribution in [2.45, 2.75) is 123 Å². The van der Waals surface area contributed by atoms with Gasteiger partial charge in [0, 0.05) is 54.3 Å². The molecular weight excluding hydrogens is 1790 g/mol. The Bertz CT molecular complexity index is 3890. The highest BCUT2D eigenvalue weighted by Gasteiger charge is 2.23. The molecule has 6 aromatic carbocycles. The number of hydrogen-bond acceptors (Lipinski definition) is 18. The first-order chi connectivity index (χ1) is 48.2. The number of carbonyl (C=O) groups is 12. The van der Waals surface area contributed by atoms with Gasteiger partial charge >= 0.3 is 35.8 Å². The fourth-order valence-corrected chi connectivity index (χ4v) is 11.8. The second kappa shape index (κ2) is 46.0. The summed E-state index contributed by atoms with van der Waals surface area (Å²) in [4.78, 5) is 133. The van der Waals surface area contributed by atoms with Crippen molar-refractivity contribution in [2.24, 2.45) is 0 Å². The Hall–Kier alpha value is -8.95. The van der Waals surface area contributed by atoms with Gasteiger partial charge in [0.1, 0.15) is 34.5 Å². The molecule has 0 bridgehead atoms. The predicted molar refractivity (Wildman–Crippen MR) is 404 cm³/mol. The monoisotopic (exact) mass is 1860 g/mol. The molecule has 0 heterocycles. The van der Waals surface area contributed by atoms with Gasteiger partial charge in [0.2, 0.25) is 0 Å². The lowest BCUT2D eigenvalue weighted by atomic mass is 10.1. The fourth-order valence-electron chi connectivity index (χ4n) is 8.11. The second-order valence-corrected chi connectivity index (χ2v) is 27.8. The van der Waals surface area contributed by atoms with Crippen LogP contribution in [0.3, 0.4) is 0 Å². The normalized spacial score (nSPS) is 11.9. The zero-order chi connectivity index (χ0) is 79.7. The fraction of sp³-hybridized carbons (Fsp3) is 0.284. The second-order valence-electron chi connectivity index (χ2n) is 22.3. The summed E-state index contributed by atoms with van der Waals surface area (Å²) < 4.78 is 2.41. The van der Waals surface area contributed by atoms with E-state index in [-0.39, 0.29) is 116 Å². The lowest BCUT2D eigenvalue weighted by molar-refractivity contribution is -0.138. The van der Waals surface area contributed by atoms with Gasteiger partial charge in [0.05, 0.1) is 85.0 Å². The molecule has 564 valence electrons. The Morgan fingerprint density at radius 3 is 1.10 bits per heavy atom. The number of rotatable bonds is 24. The minimum Gasteiger partial charge on any atom is -0.507 e. The van der Waals surface area contributed by atoms with E-state index in [1.165, 1.54) is 61.5 Å². The highest BCUT2D eigenvalue weighted by molar-refractivity contribution is 14.1. The quantitative estimate of drug-likeness (QED) is 0.0250. The Kier molecular flexibility index (Phi) is 41.2. The number of carboxylic acid groups (broad SMARTS) is 6. The van der Waals surface area contributed by atoms with Crippen LogP contribution in [0.4, 0.5) is 0 Å². The Morgan fingerprint density at radius 2 is 0.712 bits per heavy atom. The van der Waals surface area contributed by atoms with Crippen molar-refractivity contribution >= 4 is 183 Å². The zero-order valence-corrected chi connectivity index (χ0v) is 65.6. The molecule has 6 amide bonds. The first-order valence-corrected chi connectivity index (χ1v) is 34.9. The highest BCUT2D eigenvalue weighted by atomic mass is 127. The van der Waals surface area contributed by atoms with Crippen LogP contribution in [0.15, 0.2) is 106 Å². The maximum Gasteiger partial charge on any atom is 0.305 e. The number of aryl methyl sites for hydroxylation is 1. The van der Waals surface area contributed by atoms with Crippen molar-refractivity contribution in [2.75, 3.05) is 0 Å². The van der Waals surface area contributed by atoms with Gasteiger partial charge in [-0.05, 0) is 188 Å². The van der Waals surface area contributed by atoms with Crippen molar-refractivity contribution in [1.29, 1.82) is 0 Å². The largest absolute Gasteiger partial charge is 0.507 e. The first kappa shape index (κ1) is 93.1. The number of para-hydroxylation sites is 2. The van der Waals surface area contributed by atoms with E-state index < -0.39 is 108 Å². The summed E-state index contributed by atoms with van der Waals surface area (Å²) in [6, 6.07) is 20.9. The third kappa shape index (κ3) is 35.5. The minimum atomic E-state index is -1.03. The van der Waals surface area contributed by atoms with Crippen molar-refractivity contribution in [3.05, 3.63) is 167 Å². The number of carboxylic acids is 6. The molecule has 0 aliphatic rings. The number of phenols is 6. The lowest BCUT2D eigenvalue weighted by Crippen LogP contribution is -2.34. The molecule has 0 fully saturated rings. The SMILES string of the molecule is CC(CC(=O)O)NC(=O)c1cc(Br)cc(Br)c1O.CC(CC(=O)O)NC(=O)c1cc(Cl)cc(Cl)c1O.CC(CC(=O)O)NC(=O)c1cc(I)cc(I)c1O.CC(CC(=O)O)NC(=O)c1ccc(Cl)cc1O.CC(CC(=O)O)NC(=O)c1ccccc1O.Cc1cccc(C(=O)NC(C)CC(=O)O)c1O. The van der Waals surface area contributed by atoms with Crippen LogP contribution < -0.4 is 31.9 Å². The van der Waals surface area contributed by atoms with Crippen LogP contribution in [-0.4, -0.2) is 169 Å². The standard InChI is InChI=1S/C12H15NO4.C11H11Br2NO4.C11H11Cl2NO4.C11H12ClNO4.C11H11I2NO4.C11H13NO4/c1-7-4-3-5-9(11(7)16)12(17)13-8(2)6-10(14)15;2*1-5(2-9(15)16)14-11(18)7-3-6(12)4-8(13)10(7)17;1-6(4-10(15)16)13-11(17)8-3-2-7(12)5-9(8)14;1-5(2-9(15)16)14-11(18)7-3-6(12)4-8(13)10(7)17;1-7(6-10(14)15)12-11(16)8-4-2-3-5-9(8)13/h3-5,8,16H,6H2,1-2H3,(H,13,17)(H,14,15);2*3-5,17H,2H2,1H3,(H,14,18)(H,15,16);2-3,5-6,14H,4H2,1H3,(H,13,17)(H,15,16);3-5,17H,2H2,1H3,(H,14,18)(H,15,16);2-5,7,13H,6H2,1H3,(H,12,16)(H,14,15). The predicted octanol–water partition coefficient (Wildman–Crippen LogP) is 10.9. The maximum atomic E-state index is 11.9. The van der Waals surface area contributed by atoms with Gasteiger partial charge in [-0.2, -0.15) is 0 Å². The molecular formula is C67H73Br2Cl3I2N6O24. The van der Waals surface area contributed by atoms with Crippen molar-refractivity contribution < 1.29 is 119 Å². The van der Waals surface area contributed by atoms with Crippen LogP contribution in [0.25, 0.3) is 0 Å². The number of halogens is 7. The molecule has 0 aliphatic heterocycles. The first-order valence-electron chi connectivity index (χ1n) is 30.0. The van der Waals surface area contributed by atoms with E-state index in [1.807, 2.05) is 45.2 Å². The van der Waals surface area contributed by atoms with Gasteiger partial charge in [-0.3, -0.25) is 57.5 Å². The van der Waals surface area contributed by atoms with E-state index in [1.54, 1.807) is 84.0 Å². The van der Waals surface area contributed by atoms with Gasteiger partial charge in [-0.25, -0.2) is 0 Å². The number of nitrogens with one attached hydrogen (secondary N) is 6. The summed E-state index contributed by atoms with van der Waals surface area (Å²) in [5.74, 6) is -10.2. The number of aliphatic carboxylic acids is 6. The van der Waals surface area contributed by atoms with E-state index in [0.717, 1.165) is 3.57 Å². The molecule has 30 nitrogen and oxygen atoms in total. The molecule has 0 aliphatic carbocycles. The summed E-state index contributed by atoms with van der Waals surface area (Å²) >= 11 is 27.3. The lowest BCUT2D eigenvalue weighted by Gasteiger charge is -2.13. The van der Waals surface area contributed by atoms with Crippen LogP contribution >= 0.6 is 112 Å². The topological polar surface area (TPSA) is 520 Å². The summed E-state index contributed by atoms with van der Waals surface area (Å²) in [7, 11) is 0. The zero-order valence-electron chi connectivity index (χ0n) is 55.9. The summed E-state index contributed by atoms with van der Waals surface area (Å²) in [6.45, 7) is 11.2. The van der Waals surface area contributed by atoms with E-state index in [9.17, 15) is 88.2 Å². The summed E-state index contributed by atoms with van der Waals surface area (Å²) in [5, 5.41) is 125. The van der Waals surface area contributed by atoms with Crippen LogP contribution in [0.2, 0.25) is 15.1 Å². The summed E-state index contributed by atoms with van der Waals surface area (Å²) in [5.41, 5.74) is 1.10. The van der Waals surface area contributed by atoms with Gasteiger partial charge in [0.25, 0.3) is 35.4 Å². The third-order valence-electron chi connectivity index (χ3n) is 12.8. The van der Waals surface area contributed by atoms with Gasteiger partial charge < -0.3 is 93.2 Å². The van der Waals surface area contributed by atoms with Crippen molar-refractivity contribution in [1.82, 2.24) is 31.9 Å². The average molecular weight is 1870 g/mol. The number of amides is 6. The molecule has 37 heteroatoms. The summed E-state index contributed by atoms with van der Waals surface area (Å²) in [6.07, 6.45) is -1.05. The molecule has 0 aromatic heterocycles. The molecule has 0 spiro atoms. The van der Waals surface area contributed by atoms with E-state index in [0.29, 0.717) is 23.1 Å². The van der Waals surface area contributed by atoms with E-state index >= 15 is 0 Å². The number of phenolic OH excluding ortho intramolecular Hbond substituents is 6. The number of aromatic hydroxyl groups is 6. The van der Waals surface area contributed by atoms with Crippen LogP contribution in [0.1, 0.15) is 148 Å². The van der Waals surface area contributed by atoms with Gasteiger partial charge in [0.15, 0.2) is 0 Å². The van der Waals surface area contributed by atoms with Crippen LogP contribution in [0, 0.1) is 14.1 Å². The molecule has 0 saturated carbocycles. The molecule has 6 atom stereocenters. The molecule has 6 unspecified atom stereocenters. The van der Waals surface area contributed by atoms with E-state index in [2.05, 4.69) is 63.8 Å².